The van der Waals surface area contributed by atoms with E-state index in [9.17, 15) is 28.1 Å². The van der Waals surface area contributed by atoms with Gasteiger partial charge in [-0.15, -0.1) is 0 Å². The highest BCUT2D eigenvalue weighted by Gasteiger charge is 2.49. The predicted molar refractivity (Wildman–Crippen MR) is 102 cm³/mol. The molecule has 146 valence electrons. The summed E-state index contributed by atoms with van der Waals surface area (Å²) in [7, 11) is -4.22. The minimum atomic E-state index is -4.22. The zero-order chi connectivity index (χ0) is 20.8. The molecule has 29 heavy (non-hydrogen) atoms. The average molecular weight is 411 g/mol. The summed E-state index contributed by atoms with van der Waals surface area (Å²) in [5.74, 6) is -2.51. The van der Waals surface area contributed by atoms with Crippen LogP contribution in [0.3, 0.4) is 0 Å². The Morgan fingerprint density at radius 2 is 1.66 bits per heavy atom. The van der Waals surface area contributed by atoms with Crippen LogP contribution in [0.15, 0.2) is 76.7 Å². The zero-order valence-corrected chi connectivity index (χ0v) is 15.5. The number of hydrogen-bond donors (Lipinski definition) is 0. The first-order valence-corrected chi connectivity index (χ1v) is 9.94. The number of non-ortho nitro benzene ring substituents is 1. The number of hydrogen-bond acceptors (Lipinski definition) is 7. The summed E-state index contributed by atoms with van der Waals surface area (Å²) < 4.78 is 27.1. The molecule has 0 N–H and O–H groups in total. The standard InChI is InChI=1S/C19H13N3O6S/c23-16-11-10-15-17(19(16)24)18(12-4-2-1-3-5-12)20-21(15)29(27,28)14-8-6-13(7-9-14)22(25)26/h1-11,15,17H. The van der Waals surface area contributed by atoms with Crippen LogP contribution < -0.4 is 0 Å². The highest BCUT2D eigenvalue weighted by molar-refractivity contribution is 7.89. The van der Waals surface area contributed by atoms with E-state index in [1.54, 1.807) is 30.3 Å². The van der Waals surface area contributed by atoms with E-state index < -0.39 is 38.5 Å². The molecule has 0 bridgehead atoms. The van der Waals surface area contributed by atoms with E-state index in [0.717, 1.165) is 34.8 Å². The second-order valence-electron chi connectivity index (χ2n) is 6.44. The van der Waals surface area contributed by atoms with Crippen molar-refractivity contribution in [2.45, 2.75) is 10.9 Å². The van der Waals surface area contributed by atoms with Crippen LogP contribution in [0.2, 0.25) is 0 Å². The van der Waals surface area contributed by atoms with Crippen molar-refractivity contribution in [3.05, 3.63) is 82.4 Å². The van der Waals surface area contributed by atoms with Crippen molar-refractivity contribution in [3.8, 4) is 0 Å². The summed E-state index contributed by atoms with van der Waals surface area (Å²) in [6.45, 7) is 0. The quantitative estimate of drug-likeness (QED) is 0.428. The van der Waals surface area contributed by atoms with E-state index in [2.05, 4.69) is 5.10 Å². The topological polar surface area (TPSA) is 127 Å². The number of Topliss-reactive ketones (excluding diaryl/α,β-unsaturated/α-hetero) is 1. The number of sulfonamides is 1. The lowest BCUT2D eigenvalue weighted by atomic mass is 9.83. The summed E-state index contributed by atoms with van der Waals surface area (Å²) in [5.41, 5.74) is 0.458. The Kier molecular flexibility index (Phi) is 4.35. The summed E-state index contributed by atoms with van der Waals surface area (Å²) in [4.78, 5) is 34.4. The molecule has 0 saturated carbocycles. The van der Waals surface area contributed by atoms with Crippen molar-refractivity contribution < 1.29 is 22.9 Å². The molecule has 0 fully saturated rings. The Bertz CT molecular complexity index is 1190. The molecule has 1 aliphatic heterocycles. The first kappa shape index (κ1) is 18.7. The molecule has 2 unspecified atom stereocenters. The molecule has 9 nitrogen and oxygen atoms in total. The van der Waals surface area contributed by atoms with Crippen LogP contribution in [0.4, 0.5) is 5.69 Å². The SMILES string of the molecule is O=C1C=CC2C(C1=O)C(c1ccccc1)=NN2S(=O)(=O)c1ccc([N+](=O)[O-])cc1. The van der Waals surface area contributed by atoms with Gasteiger partial charge in [0.2, 0.25) is 11.6 Å². The van der Waals surface area contributed by atoms with Crippen LogP contribution in [-0.4, -0.2) is 41.1 Å². The molecule has 2 aliphatic rings. The van der Waals surface area contributed by atoms with E-state index in [1.807, 2.05) is 0 Å². The Morgan fingerprint density at radius 3 is 2.28 bits per heavy atom. The number of carbonyl (C=O) groups excluding carboxylic acids is 2. The van der Waals surface area contributed by atoms with E-state index in [-0.39, 0.29) is 16.3 Å². The third-order valence-corrected chi connectivity index (χ3v) is 6.41. The number of nitro groups is 1. The number of carbonyl (C=O) groups is 2. The van der Waals surface area contributed by atoms with Gasteiger partial charge in [-0.1, -0.05) is 36.4 Å². The van der Waals surface area contributed by atoms with Gasteiger partial charge in [-0.3, -0.25) is 19.7 Å². The highest BCUT2D eigenvalue weighted by Crippen LogP contribution is 2.35. The van der Waals surface area contributed by atoms with Gasteiger partial charge in [-0.25, -0.2) is 0 Å². The first-order chi connectivity index (χ1) is 13.8. The predicted octanol–water partition coefficient (Wildman–Crippen LogP) is 1.70. The second kappa shape index (κ2) is 6.74. The van der Waals surface area contributed by atoms with E-state index >= 15 is 0 Å². The van der Waals surface area contributed by atoms with Gasteiger partial charge in [0.1, 0.15) is 0 Å². The third-order valence-electron chi connectivity index (χ3n) is 4.73. The minimum absolute atomic E-state index is 0.184. The number of allylic oxidation sites excluding steroid dienone is 1. The van der Waals surface area contributed by atoms with Crippen LogP contribution in [0.25, 0.3) is 0 Å². The number of nitrogens with zero attached hydrogens (tertiary/aromatic N) is 3. The Hall–Kier alpha value is -3.66. The molecule has 4 rings (SSSR count). The normalized spacial score (nSPS) is 21.1. The Balaban J connectivity index is 1.82. The molecule has 10 heteroatoms. The molecule has 0 saturated heterocycles. The number of fused-ring (bicyclic) bond motifs is 1. The summed E-state index contributed by atoms with van der Waals surface area (Å²) >= 11 is 0. The summed E-state index contributed by atoms with van der Waals surface area (Å²) in [6.07, 6.45) is 2.39. The lowest BCUT2D eigenvalue weighted by molar-refractivity contribution is -0.384. The Labute approximate surface area is 165 Å². The van der Waals surface area contributed by atoms with Gasteiger partial charge in [0.25, 0.3) is 15.7 Å². The highest BCUT2D eigenvalue weighted by atomic mass is 32.2. The number of hydrazone groups is 1. The van der Waals surface area contributed by atoms with Gasteiger partial charge in [0.15, 0.2) is 0 Å². The largest absolute Gasteiger partial charge is 0.290 e. The summed E-state index contributed by atoms with van der Waals surface area (Å²) in [6, 6.07) is 11.9. The molecule has 2 aromatic rings. The molecular weight excluding hydrogens is 398 g/mol. The number of rotatable bonds is 4. The summed E-state index contributed by atoms with van der Waals surface area (Å²) in [5, 5.41) is 15.0. The van der Waals surface area contributed by atoms with Crippen molar-refractivity contribution in [3.63, 3.8) is 0 Å². The van der Waals surface area contributed by atoms with Crippen molar-refractivity contribution in [1.29, 1.82) is 0 Å². The van der Waals surface area contributed by atoms with Crippen LogP contribution in [0, 0.1) is 16.0 Å². The second-order valence-corrected chi connectivity index (χ2v) is 8.23. The minimum Gasteiger partial charge on any atom is -0.290 e. The van der Waals surface area contributed by atoms with Crippen molar-refractivity contribution in [2.75, 3.05) is 0 Å². The lowest BCUT2D eigenvalue weighted by Crippen LogP contribution is -2.44. The average Bonchev–Trinajstić information content (AvgIpc) is 3.12. The number of benzene rings is 2. The van der Waals surface area contributed by atoms with Gasteiger partial charge < -0.3 is 0 Å². The van der Waals surface area contributed by atoms with Gasteiger partial charge in [-0.2, -0.15) is 17.9 Å². The van der Waals surface area contributed by atoms with E-state index in [1.165, 1.54) is 6.08 Å². The van der Waals surface area contributed by atoms with Gasteiger partial charge in [0.05, 0.1) is 27.5 Å². The molecule has 1 heterocycles. The maximum Gasteiger partial charge on any atom is 0.279 e. The molecule has 0 spiro atoms. The smallest absolute Gasteiger partial charge is 0.279 e. The first-order valence-electron chi connectivity index (χ1n) is 8.50. The van der Waals surface area contributed by atoms with Crippen LogP contribution in [0.1, 0.15) is 5.56 Å². The molecule has 0 radical (unpaired) electrons. The van der Waals surface area contributed by atoms with Gasteiger partial charge in [0, 0.05) is 12.1 Å². The van der Waals surface area contributed by atoms with Crippen molar-refractivity contribution in [1.82, 2.24) is 4.41 Å². The van der Waals surface area contributed by atoms with Crippen molar-refractivity contribution in [2.24, 2.45) is 11.0 Å². The fourth-order valence-corrected chi connectivity index (χ4v) is 4.72. The monoisotopic (exact) mass is 411 g/mol. The van der Waals surface area contributed by atoms with Crippen molar-refractivity contribution >= 4 is 33.0 Å². The Morgan fingerprint density at radius 1 is 1.00 bits per heavy atom. The molecule has 2 aromatic carbocycles. The number of nitro benzene ring substituents is 1. The molecule has 2 atom stereocenters. The van der Waals surface area contributed by atoms with Crippen LogP contribution >= 0.6 is 0 Å². The maximum atomic E-state index is 13.2. The molecule has 1 aliphatic carbocycles. The van der Waals surface area contributed by atoms with Crippen LogP contribution in [0.5, 0.6) is 0 Å². The van der Waals surface area contributed by atoms with Crippen LogP contribution in [-0.2, 0) is 19.6 Å². The fraction of sp³-hybridized carbons (Fsp3) is 0.105. The zero-order valence-electron chi connectivity index (χ0n) is 14.7. The maximum absolute atomic E-state index is 13.2. The van der Waals surface area contributed by atoms with Gasteiger partial charge >= 0.3 is 0 Å². The number of ketones is 2. The van der Waals surface area contributed by atoms with E-state index in [0.29, 0.717) is 5.56 Å². The molecule has 0 amide bonds. The molecular formula is C19H13N3O6S. The molecule has 0 aromatic heterocycles. The third kappa shape index (κ3) is 3.03. The lowest BCUT2D eigenvalue weighted by Gasteiger charge is -2.25. The fourth-order valence-electron chi connectivity index (χ4n) is 3.32. The van der Waals surface area contributed by atoms with Gasteiger partial charge in [-0.05, 0) is 23.8 Å². The van der Waals surface area contributed by atoms with E-state index in [4.69, 9.17) is 0 Å².